The number of carbonyl (C=O) groups excluding carboxylic acids is 3. The normalized spacial score (nSPS) is 10.3. The number of benzene rings is 2. The highest BCUT2D eigenvalue weighted by molar-refractivity contribution is 7.80. The van der Waals surface area contributed by atoms with E-state index in [4.69, 9.17) is 23.8 Å². The summed E-state index contributed by atoms with van der Waals surface area (Å²) in [6.07, 6.45) is 4.11. The predicted molar refractivity (Wildman–Crippen MR) is 122 cm³/mol. The third-order valence-corrected chi connectivity index (χ3v) is 4.19. The minimum atomic E-state index is -0.455. The number of thiocarbonyl (C=S) groups is 1. The summed E-state index contributed by atoms with van der Waals surface area (Å²) in [5.41, 5.74) is 6.61. The van der Waals surface area contributed by atoms with Crippen LogP contribution in [-0.2, 0) is 9.59 Å². The summed E-state index contributed by atoms with van der Waals surface area (Å²) in [6, 6.07) is 13.4. The summed E-state index contributed by atoms with van der Waals surface area (Å²) in [7, 11) is 0. The van der Waals surface area contributed by atoms with Crippen molar-refractivity contribution in [2.45, 2.75) is 19.8 Å². The molecule has 2 aromatic carbocycles. The number of nitrogens with one attached hydrogen (secondary N) is 4. The SMILES string of the molecule is CCCC(=O)Nc1ccc(C(=O)NNC(=S)NC(=O)/C=C/c2ccc(Cl)cc2)cc1. The number of anilines is 1. The minimum Gasteiger partial charge on any atom is -0.326 e. The molecule has 0 saturated carbocycles. The molecular formula is C21H21ClN4O3S. The molecule has 0 unspecified atom stereocenters. The summed E-state index contributed by atoms with van der Waals surface area (Å²) in [6.45, 7) is 1.92. The van der Waals surface area contributed by atoms with Crippen LogP contribution < -0.4 is 21.5 Å². The fourth-order valence-electron chi connectivity index (χ4n) is 2.27. The van der Waals surface area contributed by atoms with Crippen LogP contribution in [0.25, 0.3) is 6.08 Å². The average molecular weight is 445 g/mol. The van der Waals surface area contributed by atoms with Crippen LogP contribution in [0.2, 0.25) is 5.02 Å². The van der Waals surface area contributed by atoms with Gasteiger partial charge in [0.15, 0.2) is 5.11 Å². The van der Waals surface area contributed by atoms with Crippen molar-refractivity contribution in [1.82, 2.24) is 16.2 Å². The Balaban J connectivity index is 1.78. The van der Waals surface area contributed by atoms with E-state index in [1.165, 1.54) is 6.08 Å². The lowest BCUT2D eigenvalue weighted by Gasteiger charge is -2.10. The number of hydrogen-bond donors (Lipinski definition) is 4. The van der Waals surface area contributed by atoms with Gasteiger partial charge in [-0.3, -0.25) is 30.6 Å². The van der Waals surface area contributed by atoms with Gasteiger partial charge in [0, 0.05) is 28.8 Å². The molecule has 30 heavy (non-hydrogen) atoms. The molecule has 9 heteroatoms. The summed E-state index contributed by atoms with van der Waals surface area (Å²) in [4.78, 5) is 35.6. The Morgan fingerprint density at radius 1 is 1.00 bits per heavy atom. The predicted octanol–water partition coefficient (Wildman–Crippen LogP) is 3.43. The molecule has 2 rings (SSSR count). The summed E-state index contributed by atoms with van der Waals surface area (Å²) in [5.74, 6) is -0.985. The van der Waals surface area contributed by atoms with Crippen LogP contribution in [-0.4, -0.2) is 22.8 Å². The smallest absolute Gasteiger partial charge is 0.269 e. The highest BCUT2D eigenvalue weighted by atomic mass is 35.5. The molecule has 156 valence electrons. The lowest BCUT2D eigenvalue weighted by molar-refractivity contribution is -0.116. The molecule has 0 aliphatic heterocycles. The molecule has 0 fully saturated rings. The van der Waals surface area contributed by atoms with E-state index in [-0.39, 0.29) is 11.0 Å². The topological polar surface area (TPSA) is 99.3 Å². The van der Waals surface area contributed by atoms with Gasteiger partial charge in [-0.1, -0.05) is 30.7 Å². The van der Waals surface area contributed by atoms with Gasteiger partial charge in [0.05, 0.1) is 0 Å². The first-order valence-electron chi connectivity index (χ1n) is 9.12. The van der Waals surface area contributed by atoms with E-state index in [0.29, 0.717) is 22.7 Å². The van der Waals surface area contributed by atoms with Gasteiger partial charge in [-0.15, -0.1) is 0 Å². The van der Waals surface area contributed by atoms with Crippen LogP contribution in [0.3, 0.4) is 0 Å². The van der Waals surface area contributed by atoms with Crippen molar-refractivity contribution in [2.75, 3.05) is 5.32 Å². The van der Waals surface area contributed by atoms with E-state index < -0.39 is 11.8 Å². The molecule has 0 bridgehead atoms. The first-order valence-corrected chi connectivity index (χ1v) is 9.91. The first kappa shape index (κ1) is 23.1. The zero-order valence-electron chi connectivity index (χ0n) is 16.2. The van der Waals surface area contributed by atoms with Gasteiger partial charge >= 0.3 is 0 Å². The number of hydrogen-bond acceptors (Lipinski definition) is 4. The van der Waals surface area contributed by atoms with Gasteiger partial charge < -0.3 is 5.32 Å². The fourth-order valence-corrected chi connectivity index (χ4v) is 2.55. The standard InChI is InChI=1S/C21H21ClN4O3S/c1-2-3-18(27)23-17-11-7-15(8-12-17)20(29)25-26-21(30)24-19(28)13-6-14-4-9-16(22)10-5-14/h4-13H,2-3H2,1H3,(H,23,27)(H,25,29)(H2,24,26,28,30)/b13-6+. The van der Waals surface area contributed by atoms with E-state index in [2.05, 4.69) is 21.5 Å². The van der Waals surface area contributed by atoms with Crippen LogP contribution in [0, 0.1) is 0 Å². The van der Waals surface area contributed by atoms with Crippen molar-refractivity contribution in [3.63, 3.8) is 0 Å². The van der Waals surface area contributed by atoms with Crippen molar-refractivity contribution < 1.29 is 14.4 Å². The fraction of sp³-hybridized carbons (Fsp3) is 0.143. The van der Waals surface area contributed by atoms with Crippen molar-refractivity contribution >= 4 is 58.4 Å². The van der Waals surface area contributed by atoms with Gasteiger partial charge in [-0.25, -0.2) is 0 Å². The quantitative estimate of drug-likeness (QED) is 0.311. The Labute approximate surface area is 184 Å². The number of halogens is 1. The Morgan fingerprint density at radius 3 is 2.30 bits per heavy atom. The zero-order valence-corrected chi connectivity index (χ0v) is 17.8. The molecule has 3 amide bonds. The van der Waals surface area contributed by atoms with Gasteiger partial charge in [0.25, 0.3) is 5.91 Å². The Hall–Kier alpha value is -3.23. The van der Waals surface area contributed by atoms with Gasteiger partial charge in [0.2, 0.25) is 11.8 Å². The molecule has 0 atom stereocenters. The molecule has 0 aliphatic rings. The van der Waals surface area contributed by atoms with E-state index in [0.717, 1.165) is 12.0 Å². The van der Waals surface area contributed by atoms with Crippen molar-refractivity contribution in [3.05, 3.63) is 70.8 Å². The number of amides is 3. The van der Waals surface area contributed by atoms with Gasteiger partial charge in [0.1, 0.15) is 0 Å². The van der Waals surface area contributed by atoms with Crippen LogP contribution in [0.4, 0.5) is 5.69 Å². The highest BCUT2D eigenvalue weighted by Crippen LogP contribution is 2.11. The van der Waals surface area contributed by atoms with Crippen molar-refractivity contribution in [2.24, 2.45) is 0 Å². The summed E-state index contributed by atoms with van der Waals surface area (Å²) < 4.78 is 0. The van der Waals surface area contributed by atoms with E-state index >= 15 is 0 Å². The third kappa shape index (κ3) is 8.02. The van der Waals surface area contributed by atoms with E-state index in [1.807, 2.05) is 6.92 Å². The molecule has 2 aromatic rings. The molecule has 0 aromatic heterocycles. The molecule has 0 heterocycles. The van der Waals surface area contributed by atoms with E-state index in [1.54, 1.807) is 54.6 Å². The Bertz CT molecular complexity index is 944. The van der Waals surface area contributed by atoms with Crippen molar-refractivity contribution in [1.29, 1.82) is 0 Å². The highest BCUT2D eigenvalue weighted by Gasteiger charge is 2.08. The van der Waals surface area contributed by atoms with Crippen LogP contribution in [0.1, 0.15) is 35.7 Å². The maximum absolute atomic E-state index is 12.2. The van der Waals surface area contributed by atoms with Gasteiger partial charge in [-0.05, 0) is 66.7 Å². The summed E-state index contributed by atoms with van der Waals surface area (Å²) in [5, 5.41) is 5.70. The second-order valence-electron chi connectivity index (χ2n) is 6.16. The molecule has 4 N–H and O–H groups in total. The molecular weight excluding hydrogens is 424 g/mol. The molecule has 0 saturated heterocycles. The molecule has 0 aliphatic carbocycles. The van der Waals surface area contributed by atoms with Gasteiger partial charge in [-0.2, -0.15) is 0 Å². The summed E-state index contributed by atoms with van der Waals surface area (Å²) >= 11 is 10.8. The minimum absolute atomic E-state index is 0.0578. The maximum atomic E-state index is 12.2. The van der Waals surface area contributed by atoms with Crippen LogP contribution in [0.15, 0.2) is 54.6 Å². The Morgan fingerprint density at radius 2 is 1.67 bits per heavy atom. The number of rotatable bonds is 6. The van der Waals surface area contributed by atoms with Crippen LogP contribution in [0.5, 0.6) is 0 Å². The first-order chi connectivity index (χ1) is 14.4. The number of carbonyl (C=O) groups is 3. The lowest BCUT2D eigenvalue weighted by atomic mass is 10.2. The number of hydrazine groups is 1. The zero-order chi connectivity index (χ0) is 21.9. The second kappa shape index (κ2) is 11.7. The largest absolute Gasteiger partial charge is 0.326 e. The molecule has 0 spiro atoms. The average Bonchev–Trinajstić information content (AvgIpc) is 2.72. The second-order valence-corrected chi connectivity index (χ2v) is 7.00. The third-order valence-electron chi connectivity index (χ3n) is 3.73. The van der Waals surface area contributed by atoms with Crippen LogP contribution >= 0.6 is 23.8 Å². The van der Waals surface area contributed by atoms with E-state index in [9.17, 15) is 14.4 Å². The Kier molecular flexibility index (Phi) is 8.99. The monoisotopic (exact) mass is 444 g/mol. The lowest BCUT2D eigenvalue weighted by Crippen LogP contribution is -2.48. The molecule has 0 radical (unpaired) electrons. The molecule has 7 nitrogen and oxygen atoms in total. The maximum Gasteiger partial charge on any atom is 0.269 e. The van der Waals surface area contributed by atoms with Crippen molar-refractivity contribution in [3.8, 4) is 0 Å².